The fourth-order valence-corrected chi connectivity index (χ4v) is 5.56. The van der Waals surface area contributed by atoms with E-state index in [4.69, 9.17) is 9.72 Å². The number of aryl methyl sites for hydroxylation is 3. The standard InChI is InChI=1S/C23H25BrN2O2S/c1-14-9-15(2)19(16(3)10-14)12-22(27)26(13-18-5-4-8-28-18)23-25-20-7-6-17(24)11-21(20)29-23/h6-7,9-11,18H,4-5,8,12-13H2,1-3H3. The lowest BCUT2D eigenvalue weighted by Crippen LogP contribution is -2.38. The molecule has 0 saturated carbocycles. The molecule has 1 atom stereocenters. The van der Waals surface area contributed by atoms with Gasteiger partial charge in [-0.05, 0) is 68.5 Å². The zero-order valence-electron chi connectivity index (χ0n) is 17.0. The molecule has 0 N–H and O–H groups in total. The fourth-order valence-electron chi connectivity index (χ4n) is 4.02. The molecule has 0 aliphatic carbocycles. The molecule has 4 rings (SSSR count). The van der Waals surface area contributed by atoms with E-state index in [0.29, 0.717) is 13.0 Å². The predicted molar refractivity (Wildman–Crippen MR) is 123 cm³/mol. The van der Waals surface area contributed by atoms with Crippen molar-refractivity contribution in [1.29, 1.82) is 0 Å². The lowest BCUT2D eigenvalue weighted by atomic mass is 9.97. The van der Waals surface area contributed by atoms with Gasteiger partial charge in [0.2, 0.25) is 5.91 Å². The van der Waals surface area contributed by atoms with Gasteiger partial charge in [-0.25, -0.2) is 4.98 Å². The summed E-state index contributed by atoms with van der Waals surface area (Å²) in [4.78, 5) is 20.1. The number of benzene rings is 2. The van der Waals surface area contributed by atoms with Gasteiger partial charge >= 0.3 is 0 Å². The van der Waals surface area contributed by atoms with Crippen LogP contribution in [0.3, 0.4) is 0 Å². The Morgan fingerprint density at radius 1 is 1.24 bits per heavy atom. The topological polar surface area (TPSA) is 42.4 Å². The van der Waals surface area contributed by atoms with E-state index in [9.17, 15) is 4.79 Å². The molecule has 29 heavy (non-hydrogen) atoms. The molecule has 6 heteroatoms. The highest BCUT2D eigenvalue weighted by Gasteiger charge is 2.27. The summed E-state index contributed by atoms with van der Waals surface area (Å²) in [6, 6.07) is 10.3. The van der Waals surface area contributed by atoms with Crippen molar-refractivity contribution in [2.75, 3.05) is 18.1 Å². The molecular weight excluding hydrogens is 448 g/mol. The molecule has 4 nitrogen and oxygen atoms in total. The number of thiazole rings is 1. The van der Waals surface area contributed by atoms with Crippen LogP contribution in [-0.2, 0) is 16.0 Å². The van der Waals surface area contributed by atoms with Gasteiger partial charge in [0.25, 0.3) is 0 Å². The maximum atomic E-state index is 13.5. The summed E-state index contributed by atoms with van der Waals surface area (Å²) in [5, 5.41) is 0.751. The van der Waals surface area contributed by atoms with Crippen LogP contribution in [-0.4, -0.2) is 30.1 Å². The van der Waals surface area contributed by atoms with E-state index >= 15 is 0 Å². The summed E-state index contributed by atoms with van der Waals surface area (Å²) >= 11 is 5.08. The summed E-state index contributed by atoms with van der Waals surface area (Å²) in [5.41, 5.74) is 5.59. The van der Waals surface area contributed by atoms with Gasteiger partial charge < -0.3 is 4.74 Å². The van der Waals surface area contributed by atoms with Crippen molar-refractivity contribution < 1.29 is 9.53 Å². The Morgan fingerprint density at radius 2 is 2.00 bits per heavy atom. The second-order valence-corrected chi connectivity index (χ2v) is 9.73. The van der Waals surface area contributed by atoms with E-state index < -0.39 is 0 Å². The van der Waals surface area contributed by atoms with E-state index in [1.807, 2.05) is 17.0 Å². The van der Waals surface area contributed by atoms with Crippen LogP contribution in [0.4, 0.5) is 5.13 Å². The van der Waals surface area contributed by atoms with Gasteiger partial charge in [-0.15, -0.1) is 0 Å². The number of fused-ring (bicyclic) bond motifs is 1. The van der Waals surface area contributed by atoms with Crippen molar-refractivity contribution in [3.05, 3.63) is 57.1 Å². The van der Waals surface area contributed by atoms with Crippen LogP contribution in [0.25, 0.3) is 10.2 Å². The van der Waals surface area contributed by atoms with E-state index in [-0.39, 0.29) is 12.0 Å². The Morgan fingerprint density at radius 3 is 2.69 bits per heavy atom. The van der Waals surface area contributed by atoms with Crippen molar-refractivity contribution in [2.24, 2.45) is 0 Å². The van der Waals surface area contributed by atoms with Crippen LogP contribution in [0.1, 0.15) is 35.1 Å². The second kappa shape index (κ2) is 8.54. The summed E-state index contributed by atoms with van der Waals surface area (Å²) in [6.07, 6.45) is 2.50. The molecule has 0 radical (unpaired) electrons. The molecule has 1 amide bonds. The molecule has 1 aliphatic rings. The Bertz CT molecular complexity index is 1030. The van der Waals surface area contributed by atoms with E-state index in [0.717, 1.165) is 44.8 Å². The zero-order valence-corrected chi connectivity index (χ0v) is 19.4. The zero-order chi connectivity index (χ0) is 20.5. The van der Waals surface area contributed by atoms with E-state index in [1.165, 1.54) is 16.7 Å². The maximum absolute atomic E-state index is 13.5. The molecule has 2 heterocycles. The molecule has 1 aliphatic heterocycles. The van der Waals surface area contributed by atoms with E-state index in [1.54, 1.807) is 11.3 Å². The molecular formula is C23H25BrN2O2S. The Kier molecular flexibility index (Phi) is 6.04. The minimum atomic E-state index is 0.0775. The van der Waals surface area contributed by atoms with Gasteiger partial charge in [-0.2, -0.15) is 0 Å². The summed E-state index contributed by atoms with van der Waals surface area (Å²) in [6.45, 7) is 7.60. The Balaban J connectivity index is 1.66. The average Bonchev–Trinajstić information content (AvgIpc) is 3.31. The number of nitrogens with zero attached hydrogens (tertiary/aromatic N) is 2. The van der Waals surface area contributed by atoms with Crippen LogP contribution >= 0.6 is 27.3 Å². The lowest BCUT2D eigenvalue weighted by molar-refractivity contribution is -0.118. The molecule has 0 spiro atoms. The van der Waals surface area contributed by atoms with Gasteiger partial charge in [0.05, 0.1) is 29.3 Å². The van der Waals surface area contributed by atoms with Gasteiger partial charge in [-0.3, -0.25) is 9.69 Å². The highest BCUT2D eigenvalue weighted by Crippen LogP contribution is 2.32. The highest BCUT2D eigenvalue weighted by atomic mass is 79.9. The first-order valence-electron chi connectivity index (χ1n) is 9.95. The number of halogens is 1. The number of ether oxygens (including phenoxy) is 1. The largest absolute Gasteiger partial charge is 0.376 e. The quantitative estimate of drug-likeness (QED) is 0.475. The average molecular weight is 473 g/mol. The number of aromatic nitrogens is 1. The summed E-state index contributed by atoms with van der Waals surface area (Å²) < 4.78 is 7.93. The van der Waals surface area contributed by atoms with Gasteiger partial charge in [0.15, 0.2) is 5.13 Å². The predicted octanol–water partition coefficient (Wildman–Crippen LogP) is 5.74. The number of amides is 1. The number of carbonyl (C=O) groups excluding carboxylic acids is 1. The molecule has 1 saturated heterocycles. The fraction of sp³-hybridized carbons (Fsp3) is 0.391. The number of hydrogen-bond acceptors (Lipinski definition) is 4. The van der Waals surface area contributed by atoms with Crippen LogP contribution in [0.15, 0.2) is 34.8 Å². The minimum Gasteiger partial charge on any atom is -0.376 e. The summed E-state index contributed by atoms with van der Waals surface area (Å²) in [7, 11) is 0. The molecule has 1 aromatic heterocycles. The maximum Gasteiger partial charge on any atom is 0.233 e. The number of carbonyl (C=O) groups is 1. The third-order valence-corrected chi connectivity index (χ3v) is 6.98. The monoisotopic (exact) mass is 472 g/mol. The highest BCUT2D eigenvalue weighted by molar-refractivity contribution is 9.10. The van der Waals surface area contributed by atoms with Crippen molar-refractivity contribution in [1.82, 2.24) is 4.98 Å². The van der Waals surface area contributed by atoms with Gasteiger partial charge in [-0.1, -0.05) is 45.0 Å². The summed E-state index contributed by atoms with van der Waals surface area (Å²) in [5.74, 6) is 0.0775. The van der Waals surface area contributed by atoms with E-state index in [2.05, 4.69) is 54.9 Å². The Labute approximate surface area is 184 Å². The van der Waals surface area contributed by atoms with Crippen LogP contribution in [0, 0.1) is 20.8 Å². The minimum absolute atomic E-state index is 0.0775. The van der Waals surface area contributed by atoms with Crippen molar-refractivity contribution in [3.63, 3.8) is 0 Å². The van der Waals surface area contributed by atoms with Gasteiger partial charge in [0, 0.05) is 11.1 Å². The van der Waals surface area contributed by atoms with Crippen LogP contribution in [0.2, 0.25) is 0 Å². The SMILES string of the molecule is Cc1cc(C)c(CC(=O)N(CC2CCCO2)c2nc3ccc(Br)cc3s2)c(C)c1. The van der Waals surface area contributed by atoms with Crippen LogP contribution in [0.5, 0.6) is 0 Å². The molecule has 3 aromatic rings. The second-order valence-electron chi connectivity index (χ2n) is 7.80. The molecule has 152 valence electrons. The molecule has 0 bridgehead atoms. The normalized spacial score (nSPS) is 16.5. The molecule has 2 aromatic carbocycles. The first-order chi connectivity index (χ1) is 13.9. The number of hydrogen-bond donors (Lipinski definition) is 0. The van der Waals surface area contributed by atoms with Crippen molar-refractivity contribution in [2.45, 2.75) is 46.1 Å². The Hall–Kier alpha value is -1.76. The lowest BCUT2D eigenvalue weighted by Gasteiger charge is -2.24. The van der Waals surface area contributed by atoms with Crippen molar-refractivity contribution >= 4 is 48.5 Å². The van der Waals surface area contributed by atoms with Crippen molar-refractivity contribution in [3.8, 4) is 0 Å². The van der Waals surface area contributed by atoms with Crippen LogP contribution < -0.4 is 4.90 Å². The van der Waals surface area contributed by atoms with Gasteiger partial charge in [0.1, 0.15) is 0 Å². The number of rotatable bonds is 5. The smallest absolute Gasteiger partial charge is 0.233 e. The third-order valence-electron chi connectivity index (χ3n) is 5.45. The molecule has 1 fully saturated rings. The first kappa shape index (κ1) is 20.5. The molecule has 1 unspecified atom stereocenters. The third kappa shape index (κ3) is 4.55. The first-order valence-corrected chi connectivity index (χ1v) is 11.6. The number of anilines is 1.